The van der Waals surface area contributed by atoms with E-state index in [0.29, 0.717) is 5.92 Å². The van der Waals surface area contributed by atoms with Gasteiger partial charge in [0, 0.05) is 5.92 Å². The van der Waals surface area contributed by atoms with E-state index in [4.69, 9.17) is 0 Å². The predicted octanol–water partition coefficient (Wildman–Crippen LogP) is -1.13. The van der Waals surface area contributed by atoms with Crippen LogP contribution >= 0.6 is 0 Å². The third-order valence-electron chi connectivity index (χ3n) is 3.40. The van der Waals surface area contributed by atoms with Crippen LogP contribution in [0, 0.1) is 0 Å². The molecule has 2 heteroatoms. The Morgan fingerprint density at radius 1 is 0.429 bits per heavy atom. The Morgan fingerprint density at radius 3 is 0.905 bits per heavy atom. The van der Waals surface area contributed by atoms with Gasteiger partial charge >= 0.3 is 51.4 Å². The molecule has 0 amide bonds. The summed E-state index contributed by atoms with van der Waals surface area (Å²) in [5, 5.41) is 0. The molecule has 0 spiro atoms. The quantitative estimate of drug-likeness (QED) is 0.408. The minimum absolute atomic E-state index is 0. The van der Waals surface area contributed by atoms with Crippen LogP contribution in [0.3, 0.4) is 0 Å². The molecule has 3 aromatic carbocycles. The molecule has 3 rings (SSSR count). The molecule has 0 nitrogen and oxygen atoms in total. The van der Waals surface area contributed by atoms with Gasteiger partial charge in [-0.3, -0.25) is 0 Å². The van der Waals surface area contributed by atoms with Crippen LogP contribution in [0.15, 0.2) is 91.0 Å². The number of hydrogen-bond acceptors (Lipinski definition) is 0. The zero-order valence-electron chi connectivity index (χ0n) is 12.1. The van der Waals surface area contributed by atoms with Crippen LogP contribution in [0.2, 0.25) is 0 Å². The molecule has 0 aliphatic rings. The van der Waals surface area contributed by atoms with Crippen molar-refractivity contribution < 1.29 is 68.4 Å². The first-order valence-electron chi connectivity index (χ1n) is 6.60. The molecule has 0 saturated carbocycles. The standard InChI is InChI=1S/C19H16.BrH.K/c1-4-10-16(11-5-1)19(17-12-6-2-7-13-17)18-14-8-3-9-15-18;;/h1-15,19H;1H;/q;;+1/p-1. The molecular formula is C19H16BrK. The fourth-order valence-electron chi connectivity index (χ4n) is 2.51. The Morgan fingerprint density at radius 2 is 0.667 bits per heavy atom. The summed E-state index contributed by atoms with van der Waals surface area (Å²) in [6, 6.07) is 32.0. The molecule has 0 aliphatic carbocycles. The smallest absolute Gasteiger partial charge is 1.00 e. The Labute approximate surface area is 179 Å². The minimum atomic E-state index is 0. The maximum atomic E-state index is 2.20. The summed E-state index contributed by atoms with van der Waals surface area (Å²) in [5.41, 5.74) is 4.00. The number of hydrogen-bond donors (Lipinski definition) is 0. The maximum Gasteiger partial charge on any atom is 1.00 e. The van der Waals surface area contributed by atoms with Crippen molar-refractivity contribution in [3.63, 3.8) is 0 Å². The van der Waals surface area contributed by atoms with Crippen molar-refractivity contribution in [2.75, 3.05) is 0 Å². The van der Waals surface area contributed by atoms with Crippen LogP contribution < -0.4 is 68.4 Å². The first kappa shape index (κ1) is 18.8. The van der Waals surface area contributed by atoms with E-state index >= 15 is 0 Å². The summed E-state index contributed by atoms with van der Waals surface area (Å²) < 4.78 is 0. The third kappa shape index (κ3) is 4.88. The molecule has 100 valence electrons. The Kier molecular flexibility index (Phi) is 8.72. The summed E-state index contributed by atoms with van der Waals surface area (Å²) in [5.74, 6) is 0.309. The molecule has 0 aromatic heterocycles. The number of halogens is 1. The van der Waals surface area contributed by atoms with Gasteiger partial charge in [-0.05, 0) is 16.7 Å². The van der Waals surface area contributed by atoms with E-state index in [-0.39, 0.29) is 68.4 Å². The predicted molar refractivity (Wildman–Crippen MR) is 80.3 cm³/mol. The second-order valence-electron chi connectivity index (χ2n) is 4.67. The average molecular weight is 363 g/mol. The van der Waals surface area contributed by atoms with Crippen molar-refractivity contribution in [1.82, 2.24) is 0 Å². The van der Waals surface area contributed by atoms with E-state index in [2.05, 4.69) is 91.0 Å². The van der Waals surface area contributed by atoms with Gasteiger partial charge < -0.3 is 17.0 Å². The van der Waals surface area contributed by atoms with Gasteiger partial charge in [-0.25, -0.2) is 0 Å². The SMILES string of the molecule is [Br-].[K+].c1ccc(C(c2ccccc2)c2ccccc2)cc1. The topological polar surface area (TPSA) is 0 Å². The summed E-state index contributed by atoms with van der Waals surface area (Å²) in [7, 11) is 0. The van der Waals surface area contributed by atoms with E-state index < -0.39 is 0 Å². The molecule has 0 N–H and O–H groups in total. The monoisotopic (exact) mass is 362 g/mol. The van der Waals surface area contributed by atoms with Crippen molar-refractivity contribution in [3.05, 3.63) is 108 Å². The molecule has 0 atom stereocenters. The molecule has 0 bridgehead atoms. The van der Waals surface area contributed by atoms with E-state index in [9.17, 15) is 0 Å². The van der Waals surface area contributed by atoms with Crippen LogP contribution in [0.1, 0.15) is 22.6 Å². The Bertz CT molecular complexity index is 530. The van der Waals surface area contributed by atoms with Gasteiger partial charge in [-0.1, -0.05) is 91.0 Å². The largest absolute Gasteiger partial charge is 1.00 e. The van der Waals surface area contributed by atoms with E-state index in [0.717, 1.165) is 0 Å². The zero-order chi connectivity index (χ0) is 12.9. The van der Waals surface area contributed by atoms with Crippen LogP contribution in [0.4, 0.5) is 0 Å². The van der Waals surface area contributed by atoms with Crippen LogP contribution in [-0.2, 0) is 0 Å². The fourth-order valence-corrected chi connectivity index (χ4v) is 2.51. The summed E-state index contributed by atoms with van der Waals surface area (Å²) >= 11 is 0. The van der Waals surface area contributed by atoms with Gasteiger partial charge in [0.1, 0.15) is 0 Å². The minimum Gasteiger partial charge on any atom is -1.00 e. The van der Waals surface area contributed by atoms with Crippen molar-refractivity contribution in [3.8, 4) is 0 Å². The Hall–Kier alpha value is -0.224. The van der Waals surface area contributed by atoms with Crippen LogP contribution in [0.5, 0.6) is 0 Å². The molecule has 0 saturated heterocycles. The van der Waals surface area contributed by atoms with Gasteiger partial charge in [0.05, 0.1) is 0 Å². The van der Waals surface area contributed by atoms with Gasteiger partial charge in [0.25, 0.3) is 0 Å². The average Bonchev–Trinajstić information content (AvgIpc) is 2.51. The molecule has 21 heavy (non-hydrogen) atoms. The number of rotatable bonds is 3. The van der Waals surface area contributed by atoms with Gasteiger partial charge in [-0.15, -0.1) is 0 Å². The van der Waals surface area contributed by atoms with Crippen LogP contribution in [-0.4, -0.2) is 0 Å². The third-order valence-corrected chi connectivity index (χ3v) is 3.40. The van der Waals surface area contributed by atoms with Crippen LogP contribution in [0.25, 0.3) is 0 Å². The van der Waals surface area contributed by atoms with E-state index in [1.54, 1.807) is 0 Å². The second-order valence-corrected chi connectivity index (χ2v) is 4.67. The van der Waals surface area contributed by atoms with Crippen molar-refractivity contribution in [2.45, 2.75) is 5.92 Å². The normalized spacial score (nSPS) is 9.57. The molecule has 0 aliphatic heterocycles. The molecule has 0 heterocycles. The second kappa shape index (κ2) is 9.72. The van der Waals surface area contributed by atoms with E-state index in [1.165, 1.54) is 16.7 Å². The van der Waals surface area contributed by atoms with Crippen molar-refractivity contribution in [1.29, 1.82) is 0 Å². The maximum absolute atomic E-state index is 2.20. The summed E-state index contributed by atoms with van der Waals surface area (Å²) in [6.45, 7) is 0. The summed E-state index contributed by atoms with van der Waals surface area (Å²) in [4.78, 5) is 0. The van der Waals surface area contributed by atoms with Gasteiger partial charge in [-0.2, -0.15) is 0 Å². The first-order valence-corrected chi connectivity index (χ1v) is 6.60. The van der Waals surface area contributed by atoms with Gasteiger partial charge in [0.2, 0.25) is 0 Å². The first-order chi connectivity index (χ1) is 9.45. The molecule has 0 fully saturated rings. The van der Waals surface area contributed by atoms with Crippen molar-refractivity contribution >= 4 is 0 Å². The molecule has 0 radical (unpaired) electrons. The van der Waals surface area contributed by atoms with Gasteiger partial charge in [0.15, 0.2) is 0 Å². The fraction of sp³-hybridized carbons (Fsp3) is 0.0526. The molecule has 3 aromatic rings. The Balaban J connectivity index is 0.00000110. The summed E-state index contributed by atoms with van der Waals surface area (Å²) in [6.07, 6.45) is 0. The molecule has 0 unspecified atom stereocenters. The number of benzene rings is 3. The molecular weight excluding hydrogens is 347 g/mol. The van der Waals surface area contributed by atoms with Crippen molar-refractivity contribution in [2.24, 2.45) is 0 Å². The zero-order valence-corrected chi connectivity index (χ0v) is 16.8. The van der Waals surface area contributed by atoms with E-state index in [1.807, 2.05) is 0 Å².